The van der Waals surface area contributed by atoms with Gasteiger partial charge in [0.25, 0.3) is 5.91 Å². The molecule has 2 aromatic rings. The van der Waals surface area contributed by atoms with Crippen molar-refractivity contribution in [2.75, 3.05) is 15.9 Å². The number of para-hydroxylation sites is 1. The van der Waals surface area contributed by atoms with Gasteiger partial charge in [0.15, 0.2) is 0 Å². The fraction of sp³-hybridized carbons (Fsp3) is 0.300. The highest BCUT2D eigenvalue weighted by atomic mass is 32.2. The average molecular weight is 421 g/mol. The van der Waals surface area contributed by atoms with Gasteiger partial charge in [-0.15, -0.1) is 0 Å². The lowest BCUT2D eigenvalue weighted by molar-refractivity contribution is -0.116. The van der Waals surface area contributed by atoms with Crippen LogP contribution < -0.4 is 14.9 Å². The third-order valence-electron chi connectivity index (χ3n) is 4.00. The number of hydrogen-bond donors (Lipinski definition) is 2. The highest BCUT2D eigenvalue weighted by Crippen LogP contribution is 2.23. The number of hydrogen-bond acceptors (Lipinski definition) is 4. The second-order valence-corrected chi connectivity index (χ2v) is 8.74. The number of nitrogens with zero attached hydrogens (tertiary/aromatic N) is 1. The number of anilines is 2. The smallest absolute Gasteiger partial charge is 0.253 e. The summed E-state index contributed by atoms with van der Waals surface area (Å²) in [5.74, 6) is -1.66. The second-order valence-electron chi connectivity index (χ2n) is 6.88. The van der Waals surface area contributed by atoms with Crippen LogP contribution in [0.25, 0.3) is 0 Å². The van der Waals surface area contributed by atoms with Crippen molar-refractivity contribution < 1.29 is 22.4 Å². The number of sulfonamides is 1. The maximum Gasteiger partial charge on any atom is 0.253 e. The van der Waals surface area contributed by atoms with Crippen molar-refractivity contribution in [2.45, 2.75) is 32.9 Å². The van der Waals surface area contributed by atoms with Gasteiger partial charge in [-0.25, -0.2) is 12.8 Å². The van der Waals surface area contributed by atoms with Crippen LogP contribution in [0, 0.1) is 5.82 Å². The number of rotatable bonds is 7. The number of halogens is 1. The maximum atomic E-state index is 13.6. The van der Waals surface area contributed by atoms with Crippen LogP contribution in [0.5, 0.6) is 0 Å². The Labute approximate surface area is 170 Å². The quantitative estimate of drug-likeness (QED) is 0.719. The minimum Gasteiger partial charge on any atom is -0.350 e. The predicted molar refractivity (Wildman–Crippen MR) is 111 cm³/mol. The average Bonchev–Trinajstić information content (AvgIpc) is 2.60. The lowest BCUT2D eigenvalue weighted by Crippen LogP contribution is -2.45. The van der Waals surface area contributed by atoms with Crippen LogP contribution >= 0.6 is 0 Å². The van der Waals surface area contributed by atoms with Gasteiger partial charge in [0.1, 0.15) is 11.9 Å². The molecule has 9 heteroatoms. The van der Waals surface area contributed by atoms with E-state index >= 15 is 0 Å². The van der Waals surface area contributed by atoms with E-state index in [4.69, 9.17) is 0 Å². The summed E-state index contributed by atoms with van der Waals surface area (Å²) >= 11 is 0. The summed E-state index contributed by atoms with van der Waals surface area (Å²) < 4.78 is 39.0. The molecule has 2 N–H and O–H groups in total. The number of carbonyl (C=O) groups excluding carboxylic acids is 2. The molecule has 2 aromatic carbocycles. The van der Waals surface area contributed by atoms with Gasteiger partial charge in [-0.1, -0.05) is 18.2 Å². The summed E-state index contributed by atoms with van der Waals surface area (Å²) in [6.45, 7) is 5.01. The zero-order valence-electron chi connectivity index (χ0n) is 16.6. The Morgan fingerprint density at radius 2 is 1.69 bits per heavy atom. The Morgan fingerprint density at radius 1 is 1.03 bits per heavy atom. The lowest BCUT2D eigenvalue weighted by atomic mass is 10.1. The first-order valence-electron chi connectivity index (χ1n) is 8.96. The van der Waals surface area contributed by atoms with E-state index in [-0.39, 0.29) is 28.9 Å². The Morgan fingerprint density at radius 3 is 2.28 bits per heavy atom. The van der Waals surface area contributed by atoms with Crippen LogP contribution in [-0.2, 0) is 14.8 Å². The molecule has 0 radical (unpaired) electrons. The van der Waals surface area contributed by atoms with Crippen LogP contribution in [0.1, 0.15) is 31.1 Å². The highest BCUT2D eigenvalue weighted by molar-refractivity contribution is 7.92. The first-order valence-corrected chi connectivity index (χ1v) is 10.8. The Bertz CT molecular complexity index is 1010. The fourth-order valence-electron chi connectivity index (χ4n) is 2.79. The van der Waals surface area contributed by atoms with Crippen molar-refractivity contribution in [3.63, 3.8) is 0 Å². The van der Waals surface area contributed by atoms with E-state index in [1.807, 2.05) is 13.8 Å². The molecule has 0 heterocycles. The van der Waals surface area contributed by atoms with Crippen molar-refractivity contribution in [3.05, 3.63) is 59.9 Å². The van der Waals surface area contributed by atoms with Crippen molar-refractivity contribution in [1.82, 2.24) is 5.32 Å². The topological polar surface area (TPSA) is 95.6 Å². The molecular formula is C20H24FN3O4S. The molecule has 7 nitrogen and oxygen atoms in total. The molecule has 1 atom stereocenters. The van der Waals surface area contributed by atoms with Crippen molar-refractivity contribution >= 4 is 33.2 Å². The van der Waals surface area contributed by atoms with Crippen LogP contribution in [0.4, 0.5) is 15.8 Å². The molecule has 1 unspecified atom stereocenters. The molecule has 0 fully saturated rings. The first-order chi connectivity index (χ1) is 13.5. The predicted octanol–water partition coefficient (Wildman–Crippen LogP) is 2.76. The van der Waals surface area contributed by atoms with Crippen LogP contribution in [-0.4, -0.2) is 38.6 Å². The third kappa shape index (κ3) is 5.77. The van der Waals surface area contributed by atoms with Gasteiger partial charge in [-0.05, 0) is 51.1 Å². The van der Waals surface area contributed by atoms with E-state index in [9.17, 15) is 22.4 Å². The molecule has 0 bridgehead atoms. The zero-order chi connectivity index (χ0) is 21.8. The van der Waals surface area contributed by atoms with Crippen molar-refractivity contribution in [3.8, 4) is 0 Å². The van der Waals surface area contributed by atoms with Gasteiger partial charge < -0.3 is 10.6 Å². The van der Waals surface area contributed by atoms with Gasteiger partial charge in [-0.3, -0.25) is 13.9 Å². The Kier molecular flexibility index (Phi) is 6.97. The molecule has 29 heavy (non-hydrogen) atoms. The van der Waals surface area contributed by atoms with E-state index in [0.717, 1.165) is 16.6 Å². The normalized spacial score (nSPS) is 12.3. The highest BCUT2D eigenvalue weighted by Gasteiger charge is 2.30. The molecule has 0 aromatic heterocycles. The Balaban J connectivity index is 2.33. The minimum atomic E-state index is -3.89. The summed E-state index contributed by atoms with van der Waals surface area (Å²) in [5.41, 5.74) is 0.523. The number of benzene rings is 2. The molecular weight excluding hydrogens is 397 g/mol. The Hall–Kier alpha value is -2.94. The van der Waals surface area contributed by atoms with E-state index < -0.39 is 27.8 Å². The van der Waals surface area contributed by atoms with E-state index in [1.165, 1.54) is 25.1 Å². The molecule has 2 amide bonds. The molecule has 156 valence electrons. The number of carbonyl (C=O) groups is 2. The monoisotopic (exact) mass is 421 g/mol. The maximum absolute atomic E-state index is 13.6. The first kappa shape index (κ1) is 22.4. The van der Waals surface area contributed by atoms with E-state index in [0.29, 0.717) is 0 Å². The largest absolute Gasteiger partial charge is 0.350 e. The number of nitrogens with one attached hydrogen (secondary N) is 2. The lowest BCUT2D eigenvalue weighted by Gasteiger charge is -2.28. The third-order valence-corrected chi connectivity index (χ3v) is 5.24. The van der Waals surface area contributed by atoms with Crippen LogP contribution in [0.3, 0.4) is 0 Å². The summed E-state index contributed by atoms with van der Waals surface area (Å²) in [5, 5.41) is 5.34. The molecule has 0 aliphatic carbocycles. The molecule has 0 aliphatic rings. The molecule has 0 aliphatic heterocycles. The second kappa shape index (κ2) is 9.04. The van der Waals surface area contributed by atoms with Gasteiger partial charge >= 0.3 is 0 Å². The summed E-state index contributed by atoms with van der Waals surface area (Å²) in [6, 6.07) is 10.1. The van der Waals surface area contributed by atoms with Crippen molar-refractivity contribution in [1.29, 1.82) is 0 Å². The van der Waals surface area contributed by atoms with Crippen LogP contribution in [0.2, 0.25) is 0 Å². The van der Waals surface area contributed by atoms with Gasteiger partial charge in [0.05, 0.1) is 23.2 Å². The van der Waals surface area contributed by atoms with Gasteiger partial charge in [-0.2, -0.15) is 0 Å². The molecule has 0 saturated carbocycles. The fourth-order valence-corrected chi connectivity index (χ4v) is 3.96. The summed E-state index contributed by atoms with van der Waals surface area (Å²) in [4.78, 5) is 25.2. The van der Waals surface area contributed by atoms with Crippen LogP contribution in [0.15, 0.2) is 48.5 Å². The van der Waals surface area contributed by atoms with E-state index in [2.05, 4.69) is 10.6 Å². The SMILES string of the molecule is CC(C)NC(=O)c1ccccc1NC(=O)C(C)N(c1cccc(F)c1)S(C)(=O)=O. The standard InChI is InChI=1S/C20H24FN3O4S/c1-13(2)22-20(26)17-10-5-6-11-18(17)23-19(25)14(3)24(29(4,27)28)16-9-7-8-15(21)12-16/h5-14H,1-4H3,(H,22,26)(H,23,25). The van der Waals surface area contributed by atoms with Crippen molar-refractivity contribution in [2.24, 2.45) is 0 Å². The molecule has 0 spiro atoms. The summed E-state index contributed by atoms with van der Waals surface area (Å²) in [6.07, 6.45) is 0.936. The molecule has 0 saturated heterocycles. The van der Waals surface area contributed by atoms with Gasteiger partial charge in [0.2, 0.25) is 15.9 Å². The molecule has 2 rings (SSSR count). The van der Waals surface area contributed by atoms with Gasteiger partial charge in [0, 0.05) is 6.04 Å². The minimum absolute atomic E-state index is 0.0287. The number of amides is 2. The van der Waals surface area contributed by atoms with E-state index in [1.54, 1.807) is 24.3 Å². The zero-order valence-corrected chi connectivity index (χ0v) is 17.5. The summed E-state index contributed by atoms with van der Waals surface area (Å²) in [7, 11) is -3.89.